The van der Waals surface area contributed by atoms with Crippen LogP contribution in [0.15, 0.2) is 6.07 Å². The number of nitrogens with one attached hydrogen (secondary N) is 1. The first-order valence-corrected chi connectivity index (χ1v) is 7.44. The van der Waals surface area contributed by atoms with Gasteiger partial charge in [0.2, 0.25) is 11.8 Å². The van der Waals surface area contributed by atoms with Crippen LogP contribution in [0.3, 0.4) is 0 Å². The lowest BCUT2D eigenvalue weighted by Gasteiger charge is -2.29. The molecule has 0 bridgehead atoms. The summed E-state index contributed by atoms with van der Waals surface area (Å²) in [6.07, 6.45) is 6.14. The molecule has 106 valence electrons. The lowest BCUT2D eigenvalue weighted by Crippen LogP contribution is -2.31. The van der Waals surface area contributed by atoms with Gasteiger partial charge < -0.3 is 10.1 Å². The Hall–Kier alpha value is -1.32. The Morgan fingerprint density at radius 2 is 2.11 bits per heavy atom. The van der Waals surface area contributed by atoms with Crippen LogP contribution >= 0.6 is 0 Å². The number of hydrogen-bond donors (Lipinski definition) is 1. The van der Waals surface area contributed by atoms with Crippen molar-refractivity contribution in [2.45, 2.75) is 58.9 Å². The molecular weight excluding hydrogens is 238 g/mol. The van der Waals surface area contributed by atoms with Gasteiger partial charge in [0.15, 0.2) is 0 Å². The van der Waals surface area contributed by atoms with Crippen molar-refractivity contribution in [1.82, 2.24) is 9.97 Å². The molecule has 1 saturated carbocycles. The van der Waals surface area contributed by atoms with Crippen LogP contribution in [-0.4, -0.2) is 22.6 Å². The Bertz CT molecular complexity index is 408. The highest BCUT2D eigenvalue weighted by Crippen LogP contribution is 2.26. The number of ether oxygens (including phenoxy) is 1. The first-order chi connectivity index (χ1) is 9.19. The second kappa shape index (κ2) is 6.73. The molecule has 1 aromatic rings. The molecule has 0 amide bonds. The van der Waals surface area contributed by atoms with E-state index in [1.165, 1.54) is 25.7 Å². The lowest BCUT2D eigenvalue weighted by atomic mass is 9.86. The first-order valence-electron chi connectivity index (χ1n) is 7.44. The largest absolute Gasteiger partial charge is 0.478 e. The molecule has 1 aliphatic rings. The van der Waals surface area contributed by atoms with Crippen LogP contribution in [0.4, 0.5) is 5.95 Å². The highest BCUT2D eigenvalue weighted by atomic mass is 16.5. The normalized spacial score (nSPS) is 23.1. The summed E-state index contributed by atoms with van der Waals surface area (Å²) in [6, 6.07) is 2.39. The average molecular weight is 263 g/mol. The summed E-state index contributed by atoms with van der Waals surface area (Å²) in [5.41, 5.74) is 0.951. The summed E-state index contributed by atoms with van der Waals surface area (Å²) >= 11 is 0. The SMILES string of the molecule is CCCOc1cc(C)nc(NC2CCCCC2C)n1. The molecule has 19 heavy (non-hydrogen) atoms. The Kier molecular flexibility index (Phi) is 5.00. The van der Waals surface area contributed by atoms with Crippen molar-refractivity contribution in [3.05, 3.63) is 11.8 Å². The third-order valence-electron chi connectivity index (χ3n) is 3.71. The van der Waals surface area contributed by atoms with Crippen molar-refractivity contribution in [2.75, 3.05) is 11.9 Å². The van der Waals surface area contributed by atoms with Gasteiger partial charge in [-0.1, -0.05) is 26.7 Å². The topological polar surface area (TPSA) is 47.0 Å². The Morgan fingerprint density at radius 3 is 2.84 bits per heavy atom. The molecule has 4 heteroatoms. The summed E-state index contributed by atoms with van der Waals surface area (Å²) in [5.74, 6) is 2.09. The molecule has 0 aliphatic heterocycles. The van der Waals surface area contributed by atoms with Gasteiger partial charge in [0.25, 0.3) is 0 Å². The maximum atomic E-state index is 5.60. The predicted molar refractivity (Wildman–Crippen MR) is 77.6 cm³/mol. The maximum absolute atomic E-state index is 5.60. The smallest absolute Gasteiger partial charge is 0.226 e. The van der Waals surface area contributed by atoms with Crippen molar-refractivity contribution in [1.29, 1.82) is 0 Å². The van der Waals surface area contributed by atoms with Gasteiger partial charge in [-0.05, 0) is 32.1 Å². The van der Waals surface area contributed by atoms with Crippen LogP contribution in [-0.2, 0) is 0 Å². The van der Waals surface area contributed by atoms with Gasteiger partial charge in [-0.3, -0.25) is 0 Å². The van der Waals surface area contributed by atoms with E-state index in [2.05, 4.69) is 29.1 Å². The first kappa shape index (κ1) is 14.1. The quantitative estimate of drug-likeness (QED) is 0.882. The van der Waals surface area contributed by atoms with Crippen LogP contribution in [0.5, 0.6) is 5.88 Å². The molecular formula is C15H25N3O. The summed E-state index contributed by atoms with van der Waals surface area (Å²) in [5, 5.41) is 3.49. The van der Waals surface area contributed by atoms with Crippen LogP contribution in [0.25, 0.3) is 0 Å². The van der Waals surface area contributed by atoms with Gasteiger partial charge in [0, 0.05) is 17.8 Å². The van der Waals surface area contributed by atoms with Crippen molar-refractivity contribution in [3.63, 3.8) is 0 Å². The van der Waals surface area contributed by atoms with Crippen LogP contribution < -0.4 is 10.1 Å². The number of aromatic nitrogens is 2. The van der Waals surface area contributed by atoms with E-state index in [9.17, 15) is 0 Å². The number of hydrogen-bond acceptors (Lipinski definition) is 4. The summed E-state index contributed by atoms with van der Waals surface area (Å²) < 4.78 is 5.60. The Morgan fingerprint density at radius 1 is 1.32 bits per heavy atom. The standard InChI is InChI=1S/C15H25N3O/c1-4-9-19-14-10-12(3)16-15(18-14)17-13-8-6-5-7-11(13)2/h10-11,13H,4-9H2,1-3H3,(H,16,17,18). The number of nitrogens with zero attached hydrogens (tertiary/aromatic N) is 2. The fourth-order valence-corrected chi connectivity index (χ4v) is 2.58. The van der Waals surface area contributed by atoms with E-state index in [0.717, 1.165) is 12.1 Å². The van der Waals surface area contributed by atoms with E-state index < -0.39 is 0 Å². The zero-order chi connectivity index (χ0) is 13.7. The van der Waals surface area contributed by atoms with Gasteiger partial charge in [0.1, 0.15) is 0 Å². The minimum Gasteiger partial charge on any atom is -0.478 e. The van der Waals surface area contributed by atoms with Gasteiger partial charge >= 0.3 is 0 Å². The molecule has 1 heterocycles. The molecule has 1 fully saturated rings. The molecule has 4 nitrogen and oxygen atoms in total. The van der Waals surface area contributed by atoms with Crippen molar-refractivity contribution < 1.29 is 4.74 Å². The van der Waals surface area contributed by atoms with E-state index in [-0.39, 0.29) is 0 Å². The number of aryl methyl sites for hydroxylation is 1. The fraction of sp³-hybridized carbons (Fsp3) is 0.733. The van der Waals surface area contributed by atoms with E-state index >= 15 is 0 Å². The zero-order valence-corrected chi connectivity index (χ0v) is 12.3. The van der Waals surface area contributed by atoms with Gasteiger partial charge in [-0.25, -0.2) is 4.98 Å². The second-order valence-corrected chi connectivity index (χ2v) is 5.53. The van der Waals surface area contributed by atoms with Gasteiger partial charge in [-0.2, -0.15) is 4.98 Å². The van der Waals surface area contributed by atoms with E-state index in [0.29, 0.717) is 30.4 Å². The molecule has 0 radical (unpaired) electrons. The Balaban J connectivity index is 2.04. The molecule has 2 unspecified atom stereocenters. The van der Waals surface area contributed by atoms with Crippen LogP contribution in [0, 0.1) is 12.8 Å². The van der Waals surface area contributed by atoms with Gasteiger partial charge in [-0.15, -0.1) is 0 Å². The fourth-order valence-electron chi connectivity index (χ4n) is 2.58. The highest BCUT2D eigenvalue weighted by Gasteiger charge is 2.22. The maximum Gasteiger partial charge on any atom is 0.226 e. The molecule has 1 aliphatic carbocycles. The molecule has 0 aromatic carbocycles. The summed E-state index contributed by atoms with van der Waals surface area (Å²) in [4.78, 5) is 8.92. The van der Waals surface area contributed by atoms with Gasteiger partial charge in [0.05, 0.1) is 6.61 Å². The number of anilines is 1. The van der Waals surface area contributed by atoms with Crippen molar-refractivity contribution in [3.8, 4) is 5.88 Å². The van der Waals surface area contributed by atoms with E-state index in [1.54, 1.807) is 0 Å². The van der Waals surface area contributed by atoms with Crippen LogP contribution in [0.1, 0.15) is 51.6 Å². The molecule has 1 aromatic heterocycles. The van der Waals surface area contributed by atoms with E-state index in [1.807, 2.05) is 13.0 Å². The lowest BCUT2D eigenvalue weighted by molar-refractivity contribution is 0.304. The average Bonchev–Trinajstić information content (AvgIpc) is 2.38. The molecule has 0 saturated heterocycles. The summed E-state index contributed by atoms with van der Waals surface area (Å²) in [7, 11) is 0. The molecule has 0 spiro atoms. The minimum atomic E-state index is 0.495. The van der Waals surface area contributed by atoms with Crippen molar-refractivity contribution >= 4 is 5.95 Å². The Labute approximate surface area is 116 Å². The number of rotatable bonds is 5. The molecule has 2 atom stereocenters. The predicted octanol–water partition coefficient (Wildman–Crippen LogP) is 3.56. The minimum absolute atomic E-state index is 0.495. The highest BCUT2D eigenvalue weighted by molar-refractivity contribution is 5.32. The van der Waals surface area contributed by atoms with Crippen molar-refractivity contribution in [2.24, 2.45) is 5.92 Å². The second-order valence-electron chi connectivity index (χ2n) is 5.53. The molecule has 1 N–H and O–H groups in total. The monoisotopic (exact) mass is 263 g/mol. The molecule has 2 rings (SSSR count). The van der Waals surface area contributed by atoms with Crippen LogP contribution in [0.2, 0.25) is 0 Å². The summed E-state index contributed by atoms with van der Waals surface area (Å²) in [6.45, 7) is 7.09. The third kappa shape index (κ3) is 4.08. The van der Waals surface area contributed by atoms with E-state index in [4.69, 9.17) is 4.74 Å². The zero-order valence-electron chi connectivity index (χ0n) is 12.3. The third-order valence-corrected chi connectivity index (χ3v) is 3.71.